The van der Waals surface area contributed by atoms with Crippen LogP contribution in [0.25, 0.3) is 0 Å². The molecule has 1 heterocycles. The fraction of sp³-hybridized carbons (Fsp3) is 0.750. The number of hydrogen-bond acceptors (Lipinski definition) is 3. The lowest BCUT2D eigenvalue weighted by Gasteiger charge is -2.41. The van der Waals surface area contributed by atoms with E-state index in [0.29, 0.717) is 12.3 Å². The highest BCUT2D eigenvalue weighted by Gasteiger charge is 2.43. The molecule has 1 aliphatic rings. The summed E-state index contributed by atoms with van der Waals surface area (Å²) in [4.78, 5) is 38.1. The van der Waals surface area contributed by atoms with Crippen molar-refractivity contribution >= 4 is 17.7 Å². The summed E-state index contributed by atoms with van der Waals surface area (Å²) in [5.41, 5.74) is 0. The molecular weight excluding hydrogens is 220 g/mol. The van der Waals surface area contributed by atoms with Gasteiger partial charge in [-0.15, -0.1) is 0 Å². The van der Waals surface area contributed by atoms with E-state index in [1.54, 1.807) is 14.0 Å². The lowest BCUT2D eigenvalue weighted by molar-refractivity contribution is -0.165. The number of carbonyl (C=O) groups excluding carboxylic acids is 3. The zero-order chi connectivity index (χ0) is 13.3. The van der Waals surface area contributed by atoms with Crippen LogP contribution >= 0.6 is 0 Å². The van der Waals surface area contributed by atoms with Gasteiger partial charge in [-0.25, -0.2) is 0 Å². The van der Waals surface area contributed by atoms with Gasteiger partial charge in [-0.1, -0.05) is 13.8 Å². The number of amides is 3. The largest absolute Gasteiger partial charge is 0.332 e. The Morgan fingerprint density at radius 3 is 2.24 bits per heavy atom. The van der Waals surface area contributed by atoms with Gasteiger partial charge in [-0.3, -0.25) is 19.3 Å². The average molecular weight is 240 g/mol. The van der Waals surface area contributed by atoms with Gasteiger partial charge in [-0.2, -0.15) is 0 Å². The fourth-order valence-electron chi connectivity index (χ4n) is 2.21. The quantitative estimate of drug-likeness (QED) is 0.711. The molecule has 0 unspecified atom stereocenters. The van der Waals surface area contributed by atoms with Crippen molar-refractivity contribution in [1.82, 2.24) is 9.80 Å². The predicted octanol–water partition coefficient (Wildman–Crippen LogP) is 0.637. The lowest BCUT2D eigenvalue weighted by Crippen LogP contribution is -2.64. The Balaban J connectivity index is 3.03. The van der Waals surface area contributed by atoms with Gasteiger partial charge in [0.25, 0.3) is 5.91 Å². The van der Waals surface area contributed by atoms with Crippen LogP contribution in [0.2, 0.25) is 0 Å². The topological polar surface area (TPSA) is 57.7 Å². The number of likely N-dealkylation sites (N-methyl/N-ethyl adjacent to an activating group) is 1. The molecule has 0 bridgehead atoms. The third-order valence-corrected chi connectivity index (χ3v) is 3.12. The highest BCUT2D eigenvalue weighted by Crippen LogP contribution is 2.21. The Kier molecular flexibility index (Phi) is 3.91. The van der Waals surface area contributed by atoms with Crippen LogP contribution in [0.1, 0.15) is 34.1 Å². The maximum absolute atomic E-state index is 12.2. The van der Waals surface area contributed by atoms with Crippen molar-refractivity contribution in [2.75, 3.05) is 7.05 Å². The van der Waals surface area contributed by atoms with Crippen LogP contribution in [0.4, 0.5) is 0 Å². The van der Waals surface area contributed by atoms with E-state index < -0.39 is 12.1 Å². The first kappa shape index (κ1) is 13.7. The number of imide groups is 1. The van der Waals surface area contributed by atoms with Crippen LogP contribution in [-0.4, -0.2) is 46.7 Å². The van der Waals surface area contributed by atoms with Crippen LogP contribution in [0.5, 0.6) is 0 Å². The zero-order valence-electron chi connectivity index (χ0n) is 11.1. The zero-order valence-corrected chi connectivity index (χ0v) is 11.1. The SMILES string of the molecule is CC(=O)N1C(=O)[C@H](CC(C)C)N(C)C(=O)[C@@H]1C. The van der Waals surface area contributed by atoms with Crippen LogP contribution in [-0.2, 0) is 14.4 Å². The van der Waals surface area contributed by atoms with E-state index in [-0.39, 0.29) is 17.7 Å². The molecule has 1 fully saturated rings. The number of nitrogens with zero attached hydrogens (tertiary/aromatic N) is 2. The van der Waals surface area contributed by atoms with E-state index in [2.05, 4.69) is 0 Å². The first-order valence-electron chi connectivity index (χ1n) is 5.87. The second-order valence-corrected chi connectivity index (χ2v) is 5.00. The van der Waals surface area contributed by atoms with Crippen LogP contribution in [0.3, 0.4) is 0 Å². The molecule has 3 amide bonds. The number of piperazine rings is 1. The van der Waals surface area contributed by atoms with Crippen LogP contribution in [0.15, 0.2) is 0 Å². The number of rotatable bonds is 2. The molecule has 1 aliphatic heterocycles. The Bertz CT molecular complexity index is 352. The van der Waals surface area contributed by atoms with E-state index in [1.165, 1.54) is 11.8 Å². The maximum Gasteiger partial charge on any atom is 0.252 e. The van der Waals surface area contributed by atoms with Gasteiger partial charge in [0.15, 0.2) is 0 Å². The van der Waals surface area contributed by atoms with E-state index in [4.69, 9.17) is 0 Å². The standard InChI is InChI=1S/C12H20N2O3/c1-7(2)6-10-12(17)14(9(4)15)8(3)11(16)13(10)5/h7-8,10H,6H2,1-5H3/t8-,10-/m0/s1. The summed E-state index contributed by atoms with van der Waals surface area (Å²) < 4.78 is 0. The van der Waals surface area contributed by atoms with Gasteiger partial charge in [0.2, 0.25) is 11.8 Å². The van der Waals surface area contributed by atoms with Gasteiger partial charge in [0.05, 0.1) is 0 Å². The summed E-state index contributed by atoms with van der Waals surface area (Å²) in [5.74, 6) is -0.509. The van der Waals surface area contributed by atoms with Crippen molar-refractivity contribution in [3.05, 3.63) is 0 Å². The summed E-state index contributed by atoms with van der Waals surface area (Å²) in [7, 11) is 1.63. The minimum absolute atomic E-state index is 0.176. The Morgan fingerprint density at radius 2 is 1.82 bits per heavy atom. The van der Waals surface area contributed by atoms with Gasteiger partial charge >= 0.3 is 0 Å². The summed E-state index contributed by atoms with van der Waals surface area (Å²) >= 11 is 0. The minimum Gasteiger partial charge on any atom is -0.332 e. The number of carbonyl (C=O) groups is 3. The van der Waals surface area contributed by atoms with Crippen molar-refractivity contribution in [1.29, 1.82) is 0 Å². The Labute approximate surface area is 102 Å². The third kappa shape index (κ3) is 2.48. The number of hydrogen-bond donors (Lipinski definition) is 0. The maximum atomic E-state index is 12.2. The molecule has 96 valence electrons. The van der Waals surface area contributed by atoms with E-state index in [0.717, 1.165) is 4.90 Å². The monoisotopic (exact) mass is 240 g/mol. The molecule has 0 aromatic carbocycles. The Morgan fingerprint density at radius 1 is 1.29 bits per heavy atom. The molecule has 5 nitrogen and oxygen atoms in total. The van der Waals surface area contributed by atoms with Crippen molar-refractivity contribution < 1.29 is 14.4 Å². The molecule has 2 atom stereocenters. The summed E-state index contributed by atoms with van der Waals surface area (Å²) in [5, 5.41) is 0. The van der Waals surface area contributed by atoms with Gasteiger partial charge < -0.3 is 4.90 Å². The minimum atomic E-state index is -0.687. The summed E-state index contributed by atoms with van der Waals surface area (Å²) in [6.45, 7) is 6.88. The third-order valence-electron chi connectivity index (χ3n) is 3.12. The van der Waals surface area contributed by atoms with Gasteiger partial charge in [-0.05, 0) is 19.3 Å². The molecule has 0 spiro atoms. The molecule has 1 rings (SSSR count). The summed E-state index contributed by atoms with van der Waals surface area (Å²) in [6, 6.07) is -1.20. The molecule has 0 aliphatic carbocycles. The summed E-state index contributed by atoms with van der Waals surface area (Å²) in [6.07, 6.45) is 0.581. The molecule has 1 saturated heterocycles. The molecule has 0 aromatic heterocycles. The van der Waals surface area contributed by atoms with Gasteiger partial charge in [0.1, 0.15) is 12.1 Å². The molecule has 0 radical (unpaired) electrons. The normalized spacial score (nSPS) is 25.8. The van der Waals surface area contributed by atoms with Crippen molar-refractivity contribution in [2.45, 2.75) is 46.2 Å². The highest BCUT2D eigenvalue weighted by molar-refractivity contribution is 6.05. The molecular formula is C12H20N2O3. The van der Waals surface area contributed by atoms with Crippen molar-refractivity contribution in [2.24, 2.45) is 5.92 Å². The van der Waals surface area contributed by atoms with E-state index >= 15 is 0 Å². The molecule has 5 heteroatoms. The first-order valence-corrected chi connectivity index (χ1v) is 5.87. The van der Waals surface area contributed by atoms with Crippen molar-refractivity contribution in [3.63, 3.8) is 0 Å². The van der Waals surface area contributed by atoms with Gasteiger partial charge in [0, 0.05) is 14.0 Å². The van der Waals surface area contributed by atoms with Crippen LogP contribution < -0.4 is 0 Å². The highest BCUT2D eigenvalue weighted by atomic mass is 16.2. The predicted molar refractivity (Wildman–Crippen MR) is 63.0 cm³/mol. The van der Waals surface area contributed by atoms with Crippen LogP contribution in [0, 0.1) is 5.92 Å². The molecule has 0 aromatic rings. The molecule has 17 heavy (non-hydrogen) atoms. The fourth-order valence-corrected chi connectivity index (χ4v) is 2.21. The smallest absolute Gasteiger partial charge is 0.252 e. The van der Waals surface area contributed by atoms with Crippen molar-refractivity contribution in [3.8, 4) is 0 Å². The average Bonchev–Trinajstić information content (AvgIpc) is 2.21. The lowest BCUT2D eigenvalue weighted by atomic mass is 9.97. The second kappa shape index (κ2) is 4.85. The molecule has 0 N–H and O–H groups in total. The Hall–Kier alpha value is -1.39. The van der Waals surface area contributed by atoms with E-state index in [1.807, 2.05) is 13.8 Å². The first-order chi connectivity index (χ1) is 7.77. The van der Waals surface area contributed by atoms with E-state index in [9.17, 15) is 14.4 Å². The molecule has 0 saturated carbocycles. The second-order valence-electron chi connectivity index (χ2n) is 5.00.